The van der Waals surface area contributed by atoms with Gasteiger partial charge in [0.05, 0.1) is 22.1 Å². The van der Waals surface area contributed by atoms with E-state index in [1.807, 2.05) is 0 Å². The Morgan fingerprint density at radius 2 is 1.70 bits per heavy atom. The van der Waals surface area contributed by atoms with Crippen molar-refractivity contribution in [1.29, 1.82) is 0 Å². The molecule has 10 heteroatoms. The molecule has 2 rings (SSSR count). The molecule has 27 heavy (non-hydrogen) atoms. The second-order valence-corrected chi connectivity index (χ2v) is 10.4. The molecule has 1 N–H and O–H groups in total. The molecule has 2 aromatic rings. The van der Waals surface area contributed by atoms with Gasteiger partial charge in [0.2, 0.25) is 0 Å². The fraction of sp³-hybridized carbons (Fsp3) is 0.529. The van der Waals surface area contributed by atoms with Crippen LogP contribution < -0.4 is 0 Å². The Kier molecular flexibility index (Phi) is 5.46. The van der Waals surface area contributed by atoms with Crippen LogP contribution in [0.3, 0.4) is 0 Å². The van der Waals surface area contributed by atoms with Crippen molar-refractivity contribution in [3.05, 3.63) is 48.0 Å². The minimum absolute atomic E-state index is 0.503. The van der Waals surface area contributed by atoms with Crippen LogP contribution in [0.1, 0.15) is 38.8 Å². The van der Waals surface area contributed by atoms with Crippen LogP contribution in [0.15, 0.2) is 36.9 Å². The van der Waals surface area contributed by atoms with Gasteiger partial charge in [0.1, 0.15) is 18.3 Å². The summed E-state index contributed by atoms with van der Waals surface area (Å²) >= 11 is 0. The van der Waals surface area contributed by atoms with Crippen molar-refractivity contribution >= 4 is 9.84 Å². The molecule has 1 heterocycles. The lowest BCUT2D eigenvalue weighted by molar-refractivity contribution is -0.141. The van der Waals surface area contributed by atoms with E-state index in [9.17, 15) is 26.7 Å². The van der Waals surface area contributed by atoms with Crippen LogP contribution in [0.4, 0.5) is 13.2 Å². The lowest BCUT2D eigenvalue weighted by Gasteiger charge is -2.38. The number of aromatic nitrogens is 3. The van der Waals surface area contributed by atoms with Crippen molar-refractivity contribution in [1.82, 2.24) is 14.8 Å². The Hall–Kier alpha value is -1.94. The Bertz CT molecular complexity index is 890. The molecule has 0 fully saturated rings. The summed E-state index contributed by atoms with van der Waals surface area (Å²) in [5, 5.41) is 13.7. The number of aliphatic hydroxyl groups is 1. The molecule has 1 aromatic carbocycles. The van der Waals surface area contributed by atoms with Crippen LogP contribution in [0.2, 0.25) is 0 Å². The average molecular weight is 405 g/mol. The van der Waals surface area contributed by atoms with Gasteiger partial charge in [-0.2, -0.15) is 18.3 Å². The molecule has 0 aliphatic heterocycles. The summed E-state index contributed by atoms with van der Waals surface area (Å²) < 4.78 is 66.4. The Balaban J connectivity index is 2.73. The third kappa shape index (κ3) is 4.01. The van der Waals surface area contributed by atoms with Gasteiger partial charge in [-0.05, 0) is 39.3 Å². The van der Waals surface area contributed by atoms with Crippen LogP contribution in [-0.4, -0.2) is 38.3 Å². The smallest absolute Gasteiger partial charge is 0.382 e. The van der Waals surface area contributed by atoms with Gasteiger partial charge in [-0.25, -0.2) is 18.1 Å². The molecule has 0 amide bonds. The lowest BCUT2D eigenvalue weighted by atomic mass is 9.86. The quantitative estimate of drug-likeness (QED) is 0.827. The van der Waals surface area contributed by atoms with E-state index in [4.69, 9.17) is 0 Å². The molecule has 2 atom stereocenters. The van der Waals surface area contributed by atoms with E-state index >= 15 is 0 Å². The topological polar surface area (TPSA) is 85.1 Å². The fourth-order valence-electron chi connectivity index (χ4n) is 2.89. The zero-order chi connectivity index (χ0) is 20.7. The van der Waals surface area contributed by atoms with E-state index in [-0.39, 0.29) is 0 Å². The van der Waals surface area contributed by atoms with Crippen LogP contribution in [0, 0.1) is 0 Å². The number of hydrogen-bond donors (Lipinski definition) is 1. The Morgan fingerprint density at radius 3 is 2.15 bits per heavy atom. The maximum absolute atomic E-state index is 13.6. The molecule has 0 saturated heterocycles. The largest absolute Gasteiger partial charge is 0.416 e. The van der Waals surface area contributed by atoms with Gasteiger partial charge in [-0.1, -0.05) is 18.2 Å². The highest BCUT2D eigenvalue weighted by Crippen LogP contribution is 2.42. The molecule has 0 aliphatic carbocycles. The molecule has 0 spiro atoms. The van der Waals surface area contributed by atoms with Crippen molar-refractivity contribution in [3.63, 3.8) is 0 Å². The molecule has 1 aromatic heterocycles. The monoisotopic (exact) mass is 405 g/mol. The summed E-state index contributed by atoms with van der Waals surface area (Å²) in [7, 11) is -4.03. The summed E-state index contributed by atoms with van der Waals surface area (Å²) in [5.74, 6) is 0. The van der Waals surface area contributed by atoms with E-state index in [1.54, 1.807) is 0 Å². The molecule has 0 saturated carbocycles. The molecule has 0 bridgehead atoms. The normalized spacial score (nSPS) is 16.7. The van der Waals surface area contributed by atoms with Gasteiger partial charge in [0, 0.05) is 0 Å². The highest BCUT2D eigenvalue weighted by atomic mass is 32.2. The first-order chi connectivity index (χ1) is 12.2. The van der Waals surface area contributed by atoms with Crippen LogP contribution in [0.5, 0.6) is 0 Å². The number of hydrogen-bond acceptors (Lipinski definition) is 5. The van der Waals surface area contributed by atoms with Crippen LogP contribution in [0.25, 0.3) is 0 Å². The predicted octanol–water partition coefficient (Wildman–Crippen LogP) is 2.79. The number of rotatable bonds is 5. The second-order valence-electron chi connectivity index (χ2n) is 7.36. The molecule has 6 nitrogen and oxygen atoms in total. The van der Waals surface area contributed by atoms with Crippen molar-refractivity contribution < 1.29 is 26.7 Å². The average Bonchev–Trinajstić information content (AvgIpc) is 3.04. The maximum Gasteiger partial charge on any atom is 0.416 e. The summed E-state index contributed by atoms with van der Waals surface area (Å²) in [6, 6.07) is 4.42. The zero-order valence-electron chi connectivity index (χ0n) is 15.4. The molecular formula is C17H22F3N3O3S. The number of nitrogens with zero attached hydrogens (tertiary/aromatic N) is 3. The highest BCUT2D eigenvalue weighted by molar-refractivity contribution is 7.93. The molecule has 0 radical (unpaired) electrons. The first-order valence-electron chi connectivity index (χ1n) is 8.16. The van der Waals surface area contributed by atoms with Crippen LogP contribution >= 0.6 is 0 Å². The van der Waals surface area contributed by atoms with E-state index < -0.39 is 49.3 Å². The van der Waals surface area contributed by atoms with Gasteiger partial charge in [-0.15, -0.1) is 0 Å². The second kappa shape index (κ2) is 6.90. The van der Waals surface area contributed by atoms with Crippen molar-refractivity contribution in [3.8, 4) is 0 Å². The molecular weight excluding hydrogens is 383 g/mol. The van der Waals surface area contributed by atoms with E-state index in [1.165, 1.54) is 46.2 Å². The number of alkyl halides is 3. The summed E-state index contributed by atoms with van der Waals surface area (Å²) in [4.78, 5) is 3.71. The van der Waals surface area contributed by atoms with E-state index in [0.717, 1.165) is 23.1 Å². The third-order valence-electron chi connectivity index (χ3n) is 4.56. The Morgan fingerprint density at radius 1 is 1.15 bits per heavy atom. The van der Waals surface area contributed by atoms with Gasteiger partial charge in [0.15, 0.2) is 9.84 Å². The molecule has 2 unspecified atom stereocenters. The number of sulfone groups is 1. The number of benzene rings is 1. The molecule has 0 aliphatic rings. The van der Waals surface area contributed by atoms with Gasteiger partial charge >= 0.3 is 6.18 Å². The highest BCUT2D eigenvalue weighted by Gasteiger charge is 2.51. The standard InChI is InChI=1S/C17H22F3N3O3S/c1-12(27(25,26)15(2,3)4)16(24,9-23-11-21-10-22-23)13-7-5-6-8-14(13)17(18,19)20/h5-8,10-12,24H,9H2,1-4H3. The summed E-state index contributed by atoms with van der Waals surface area (Å²) in [5.41, 5.74) is -4.00. The SMILES string of the molecule is CC(C(O)(Cn1cncn1)c1ccccc1C(F)(F)F)S(=O)(=O)C(C)(C)C. The zero-order valence-corrected chi connectivity index (χ0v) is 16.2. The first kappa shape index (κ1) is 21.4. The van der Waals surface area contributed by atoms with Gasteiger partial charge < -0.3 is 5.11 Å². The number of halogens is 3. The van der Waals surface area contributed by atoms with E-state index in [0.29, 0.717) is 0 Å². The van der Waals surface area contributed by atoms with Crippen molar-refractivity contribution in [2.24, 2.45) is 0 Å². The molecule has 150 valence electrons. The first-order valence-corrected chi connectivity index (χ1v) is 9.71. The summed E-state index contributed by atoms with van der Waals surface area (Å²) in [6.07, 6.45) is -2.41. The van der Waals surface area contributed by atoms with Crippen molar-refractivity contribution in [2.75, 3.05) is 0 Å². The maximum atomic E-state index is 13.6. The minimum Gasteiger partial charge on any atom is -0.382 e. The third-order valence-corrected chi connectivity index (χ3v) is 7.59. The lowest BCUT2D eigenvalue weighted by Crippen LogP contribution is -2.51. The van der Waals surface area contributed by atoms with Gasteiger partial charge in [-0.3, -0.25) is 0 Å². The fourth-order valence-corrected chi connectivity index (χ4v) is 4.66. The van der Waals surface area contributed by atoms with Gasteiger partial charge in [0.25, 0.3) is 0 Å². The minimum atomic E-state index is -4.77. The Labute approximate surface area is 156 Å². The van der Waals surface area contributed by atoms with E-state index in [2.05, 4.69) is 10.1 Å². The van der Waals surface area contributed by atoms with Crippen molar-refractivity contribution in [2.45, 2.75) is 56.0 Å². The predicted molar refractivity (Wildman–Crippen MR) is 93.5 cm³/mol. The summed E-state index contributed by atoms with van der Waals surface area (Å²) in [6.45, 7) is 5.01. The van der Waals surface area contributed by atoms with Crippen LogP contribution in [-0.2, 0) is 28.2 Å².